The third-order valence-electron chi connectivity index (χ3n) is 3.94. The molecule has 1 atom stereocenters. The van der Waals surface area contributed by atoms with Gasteiger partial charge in [0.1, 0.15) is 17.9 Å². The standard InChI is InChI=1S/C18H19NO4/c1-4-22-18(21)14-9-19-12(3)10-23-17-6-5-11(2)7-13(17)15(19)8-16(14)20/h5-9,12H,4,10H2,1-3H3/t12-/m1/s1. The van der Waals surface area contributed by atoms with E-state index in [4.69, 9.17) is 9.47 Å². The second-order valence-corrected chi connectivity index (χ2v) is 5.72. The molecule has 5 heteroatoms. The maximum atomic E-state index is 12.4. The van der Waals surface area contributed by atoms with Gasteiger partial charge < -0.3 is 14.0 Å². The van der Waals surface area contributed by atoms with Crippen LogP contribution in [0.15, 0.2) is 35.3 Å². The molecule has 0 fully saturated rings. The average Bonchev–Trinajstić information content (AvgIpc) is 2.64. The molecule has 1 aliphatic heterocycles. The van der Waals surface area contributed by atoms with Gasteiger partial charge in [0.05, 0.1) is 18.3 Å². The highest BCUT2D eigenvalue weighted by Gasteiger charge is 2.23. The number of benzene rings is 1. The van der Waals surface area contributed by atoms with Gasteiger partial charge in [0.2, 0.25) is 0 Å². The Morgan fingerprint density at radius 2 is 2.17 bits per heavy atom. The molecule has 23 heavy (non-hydrogen) atoms. The van der Waals surface area contributed by atoms with Crippen molar-refractivity contribution in [3.63, 3.8) is 0 Å². The maximum Gasteiger partial charge on any atom is 0.343 e. The van der Waals surface area contributed by atoms with Crippen molar-refractivity contribution < 1.29 is 14.3 Å². The van der Waals surface area contributed by atoms with Crippen LogP contribution in [0.2, 0.25) is 0 Å². The van der Waals surface area contributed by atoms with Gasteiger partial charge in [-0.2, -0.15) is 0 Å². The molecular formula is C18H19NO4. The first kappa shape index (κ1) is 15.3. The number of nitrogens with zero attached hydrogens (tertiary/aromatic N) is 1. The fraction of sp³-hybridized carbons (Fsp3) is 0.333. The van der Waals surface area contributed by atoms with E-state index in [9.17, 15) is 9.59 Å². The summed E-state index contributed by atoms with van der Waals surface area (Å²) in [6, 6.07) is 7.37. The Morgan fingerprint density at radius 1 is 1.39 bits per heavy atom. The van der Waals surface area contributed by atoms with Crippen LogP contribution in [0.4, 0.5) is 0 Å². The van der Waals surface area contributed by atoms with Crippen molar-refractivity contribution in [3.05, 3.63) is 51.8 Å². The van der Waals surface area contributed by atoms with Gasteiger partial charge in [0.15, 0.2) is 5.43 Å². The Kier molecular flexibility index (Phi) is 3.94. The normalized spacial score (nSPS) is 15.9. The zero-order chi connectivity index (χ0) is 16.6. The number of hydrogen-bond acceptors (Lipinski definition) is 4. The first-order valence-corrected chi connectivity index (χ1v) is 7.68. The number of esters is 1. The number of carbonyl (C=O) groups is 1. The largest absolute Gasteiger partial charge is 0.491 e. The molecule has 2 heterocycles. The van der Waals surface area contributed by atoms with E-state index < -0.39 is 5.97 Å². The molecule has 0 bridgehead atoms. The highest BCUT2D eigenvalue weighted by molar-refractivity contribution is 5.89. The molecule has 0 spiro atoms. The first-order valence-electron chi connectivity index (χ1n) is 7.68. The van der Waals surface area contributed by atoms with E-state index in [0.717, 1.165) is 22.6 Å². The Bertz CT molecular complexity index is 822. The second-order valence-electron chi connectivity index (χ2n) is 5.72. The Labute approximate surface area is 134 Å². The number of carbonyl (C=O) groups excluding carboxylic acids is 1. The highest BCUT2D eigenvalue weighted by Crippen LogP contribution is 2.35. The molecule has 0 aliphatic carbocycles. The van der Waals surface area contributed by atoms with Gasteiger partial charge in [0.25, 0.3) is 0 Å². The smallest absolute Gasteiger partial charge is 0.343 e. The molecule has 5 nitrogen and oxygen atoms in total. The van der Waals surface area contributed by atoms with Crippen molar-refractivity contribution >= 4 is 5.97 Å². The third kappa shape index (κ3) is 2.74. The summed E-state index contributed by atoms with van der Waals surface area (Å²) >= 11 is 0. The van der Waals surface area contributed by atoms with Crippen LogP contribution < -0.4 is 10.2 Å². The van der Waals surface area contributed by atoms with Crippen molar-refractivity contribution in [1.29, 1.82) is 0 Å². The summed E-state index contributed by atoms with van der Waals surface area (Å²) < 4.78 is 12.7. The van der Waals surface area contributed by atoms with E-state index in [1.807, 2.05) is 36.6 Å². The predicted molar refractivity (Wildman–Crippen MR) is 87.0 cm³/mol. The monoisotopic (exact) mass is 313 g/mol. The average molecular weight is 313 g/mol. The van der Waals surface area contributed by atoms with Gasteiger partial charge in [-0.05, 0) is 32.9 Å². The zero-order valence-electron chi connectivity index (χ0n) is 13.5. The van der Waals surface area contributed by atoms with Gasteiger partial charge in [-0.3, -0.25) is 4.79 Å². The van der Waals surface area contributed by atoms with Crippen LogP contribution in [0, 0.1) is 6.92 Å². The summed E-state index contributed by atoms with van der Waals surface area (Å²) in [6.07, 6.45) is 1.58. The number of pyridine rings is 1. The van der Waals surface area contributed by atoms with Crippen molar-refractivity contribution in [1.82, 2.24) is 4.57 Å². The molecule has 1 aliphatic rings. The summed E-state index contributed by atoms with van der Waals surface area (Å²) in [7, 11) is 0. The molecule has 0 amide bonds. The molecule has 0 unspecified atom stereocenters. The van der Waals surface area contributed by atoms with Gasteiger partial charge in [-0.1, -0.05) is 11.6 Å². The third-order valence-corrected chi connectivity index (χ3v) is 3.94. The van der Waals surface area contributed by atoms with E-state index >= 15 is 0 Å². The van der Waals surface area contributed by atoms with E-state index in [0.29, 0.717) is 6.61 Å². The molecule has 1 aromatic carbocycles. The lowest BCUT2D eigenvalue weighted by Gasteiger charge is -2.17. The number of fused-ring (bicyclic) bond motifs is 3. The van der Waals surface area contributed by atoms with E-state index in [1.165, 1.54) is 6.07 Å². The SMILES string of the molecule is CCOC(=O)c1cn2c(cc1=O)-c1cc(C)ccc1OC[C@H]2C. The molecule has 0 saturated carbocycles. The summed E-state index contributed by atoms with van der Waals surface area (Å²) in [5, 5.41) is 0. The van der Waals surface area contributed by atoms with Crippen molar-refractivity contribution in [2.45, 2.75) is 26.8 Å². The molecule has 2 aromatic rings. The summed E-state index contributed by atoms with van der Waals surface area (Å²) in [4.78, 5) is 24.3. The molecule has 0 saturated heterocycles. The molecule has 0 N–H and O–H groups in total. The molecular weight excluding hydrogens is 294 g/mol. The fourth-order valence-corrected chi connectivity index (χ4v) is 2.75. The van der Waals surface area contributed by atoms with Crippen molar-refractivity contribution in [3.8, 4) is 17.0 Å². The quantitative estimate of drug-likeness (QED) is 0.800. The van der Waals surface area contributed by atoms with Gasteiger partial charge in [-0.25, -0.2) is 4.79 Å². The Hall–Kier alpha value is -2.56. The summed E-state index contributed by atoms with van der Waals surface area (Å²) in [6.45, 7) is 6.40. The Balaban J connectivity index is 2.23. The lowest BCUT2D eigenvalue weighted by atomic mass is 10.1. The Morgan fingerprint density at radius 3 is 2.91 bits per heavy atom. The minimum atomic E-state index is -0.588. The first-order chi connectivity index (χ1) is 11.0. The fourth-order valence-electron chi connectivity index (χ4n) is 2.75. The lowest BCUT2D eigenvalue weighted by molar-refractivity contribution is 0.0523. The summed E-state index contributed by atoms with van der Waals surface area (Å²) in [5.41, 5.74) is 2.42. The van der Waals surface area contributed by atoms with Gasteiger partial charge >= 0.3 is 5.97 Å². The second kappa shape index (κ2) is 5.91. The van der Waals surface area contributed by atoms with E-state index in [-0.39, 0.29) is 23.6 Å². The van der Waals surface area contributed by atoms with Crippen LogP contribution in [0.25, 0.3) is 11.3 Å². The van der Waals surface area contributed by atoms with Crippen LogP contribution in [0.3, 0.4) is 0 Å². The highest BCUT2D eigenvalue weighted by atomic mass is 16.5. The molecule has 0 radical (unpaired) electrons. The number of rotatable bonds is 2. The van der Waals surface area contributed by atoms with Gasteiger partial charge in [0, 0.05) is 17.8 Å². The van der Waals surface area contributed by atoms with E-state index in [2.05, 4.69) is 0 Å². The van der Waals surface area contributed by atoms with Crippen LogP contribution in [-0.4, -0.2) is 23.8 Å². The van der Waals surface area contributed by atoms with Crippen LogP contribution in [0.5, 0.6) is 5.75 Å². The predicted octanol–water partition coefficient (Wildman–Crippen LogP) is 2.95. The molecule has 120 valence electrons. The van der Waals surface area contributed by atoms with Crippen molar-refractivity contribution in [2.24, 2.45) is 0 Å². The minimum absolute atomic E-state index is 0.00789. The molecule has 3 rings (SSSR count). The maximum absolute atomic E-state index is 12.4. The van der Waals surface area contributed by atoms with E-state index in [1.54, 1.807) is 13.1 Å². The van der Waals surface area contributed by atoms with Crippen molar-refractivity contribution in [2.75, 3.05) is 13.2 Å². The van der Waals surface area contributed by atoms with Crippen LogP contribution in [0.1, 0.15) is 35.8 Å². The number of ether oxygens (including phenoxy) is 2. The lowest BCUT2D eigenvalue weighted by Crippen LogP contribution is -2.22. The number of aromatic nitrogens is 1. The minimum Gasteiger partial charge on any atom is -0.491 e. The molecule has 1 aromatic heterocycles. The van der Waals surface area contributed by atoms with Crippen LogP contribution in [-0.2, 0) is 4.74 Å². The van der Waals surface area contributed by atoms with Gasteiger partial charge in [-0.15, -0.1) is 0 Å². The van der Waals surface area contributed by atoms with Crippen LogP contribution >= 0.6 is 0 Å². The zero-order valence-corrected chi connectivity index (χ0v) is 13.5. The number of aryl methyl sites for hydroxylation is 1. The summed E-state index contributed by atoms with van der Waals surface area (Å²) in [5.74, 6) is 0.159. The number of hydrogen-bond donors (Lipinski definition) is 0. The topological polar surface area (TPSA) is 57.5 Å².